The zero-order valence-corrected chi connectivity index (χ0v) is 9.04. The van der Waals surface area contributed by atoms with Crippen molar-refractivity contribution in [1.82, 2.24) is 4.98 Å². The van der Waals surface area contributed by atoms with E-state index in [1.54, 1.807) is 0 Å². The molecule has 0 amide bonds. The maximum atomic E-state index is 12.8. The minimum Gasteiger partial charge on any atom is -0.214 e. The largest absolute Gasteiger partial charge is 0.433 e. The Morgan fingerprint density at radius 3 is 2.25 bits per heavy atom. The molecule has 0 N–H and O–H groups in total. The molecule has 0 aromatic carbocycles. The van der Waals surface area contributed by atoms with Crippen molar-refractivity contribution in [2.75, 3.05) is 0 Å². The van der Waals surface area contributed by atoms with Crippen LogP contribution in [0.4, 0.5) is 26.3 Å². The van der Waals surface area contributed by atoms with Crippen molar-refractivity contribution < 1.29 is 26.3 Å². The molecule has 0 unspecified atom stereocenters. The Labute approximate surface area is 94.6 Å². The number of hydrogen-bond acceptors (Lipinski definition) is 1. The highest BCUT2D eigenvalue weighted by atomic mass is 79.9. The monoisotopic (exact) mass is 307 g/mol. The normalized spacial score (nSPS) is 12.2. The van der Waals surface area contributed by atoms with Crippen LogP contribution in [0.15, 0.2) is 6.07 Å². The van der Waals surface area contributed by atoms with Gasteiger partial charge < -0.3 is 0 Å². The van der Waals surface area contributed by atoms with Crippen molar-refractivity contribution in [2.24, 2.45) is 0 Å². The van der Waals surface area contributed by atoms with E-state index in [0.717, 1.165) is 0 Å². The van der Waals surface area contributed by atoms with Gasteiger partial charge in [-0.3, -0.25) is 0 Å². The first-order valence-electron chi connectivity index (χ1n) is 3.88. The van der Waals surface area contributed by atoms with Crippen LogP contribution in [0.3, 0.4) is 0 Å². The van der Waals surface area contributed by atoms with Crippen LogP contribution in [0, 0.1) is 5.95 Å². The SMILES string of the molecule is Fc1nc(C(F)(F)F)c(CBr)cc1C(F)F. The van der Waals surface area contributed by atoms with Gasteiger partial charge in [-0.2, -0.15) is 17.6 Å². The number of aromatic nitrogens is 1. The van der Waals surface area contributed by atoms with Gasteiger partial charge in [-0.05, 0) is 11.6 Å². The van der Waals surface area contributed by atoms with Crippen LogP contribution in [0.25, 0.3) is 0 Å². The Kier molecular flexibility index (Phi) is 3.82. The molecule has 0 fully saturated rings. The van der Waals surface area contributed by atoms with Crippen LogP contribution in [0.2, 0.25) is 0 Å². The highest BCUT2D eigenvalue weighted by Gasteiger charge is 2.36. The third-order valence-corrected chi connectivity index (χ3v) is 2.33. The fourth-order valence-corrected chi connectivity index (χ4v) is 1.48. The number of hydrogen-bond donors (Lipinski definition) is 0. The second-order valence-corrected chi connectivity index (χ2v) is 3.37. The highest BCUT2D eigenvalue weighted by Crippen LogP contribution is 2.34. The summed E-state index contributed by atoms with van der Waals surface area (Å²) in [6.07, 6.45) is -8.07. The number of rotatable bonds is 2. The molecule has 0 atom stereocenters. The zero-order valence-electron chi connectivity index (χ0n) is 7.45. The number of nitrogens with zero attached hydrogens (tertiary/aromatic N) is 1. The van der Waals surface area contributed by atoms with Crippen LogP contribution < -0.4 is 0 Å². The van der Waals surface area contributed by atoms with Gasteiger partial charge in [0.25, 0.3) is 6.43 Å². The lowest BCUT2D eigenvalue weighted by molar-refractivity contribution is -0.142. The van der Waals surface area contributed by atoms with Gasteiger partial charge in [0, 0.05) is 5.33 Å². The van der Waals surface area contributed by atoms with Crippen molar-refractivity contribution in [3.8, 4) is 0 Å². The van der Waals surface area contributed by atoms with Crippen molar-refractivity contribution in [1.29, 1.82) is 0 Å². The van der Waals surface area contributed by atoms with Gasteiger partial charge in [0.15, 0.2) is 5.69 Å². The molecule has 16 heavy (non-hydrogen) atoms. The topological polar surface area (TPSA) is 12.9 Å². The molecule has 90 valence electrons. The Morgan fingerprint density at radius 1 is 1.31 bits per heavy atom. The van der Waals surface area contributed by atoms with E-state index in [-0.39, 0.29) is 5.33 Å². The van der Waals surface area contributed by atoms with E-state index in [0.29, 0.717) is 6.07 Å². The third-order valence-electron chi connectivity index (χ3n) is 1.73. The van der Waals surface area contributed by atoms with Crippen LogP contribution in [-0.4, -0.2) is 4.98 Å². The van der Waals surface area contributed by atoms with Crippen molar-refractivity contribution in [2.45, 2.75) is 17.9 Å². The molecular weight excluding hydrogens is 304 g/mol. The lowest BCUT2D eigenvalue weighted by Gasteiger charge is -2.12. The van der Waals surface area contributed by atoms with E-state index >= 15 is 0 Å². The molecule has 1 nitrogen and oxygen atoms in total. The molecule has 1 aromatic heterocycles. The first-order valence-corrected chi connectivity index (χ1v) is 5.00. The van der Waals surface area contributed by atoms with Gasteiger partial charge >= 0.3 is 6.18 Å². The third kappa shape index (κ3) is 2.66. The molecular formula is C8H4BrF6N. The maximum Gasteiger partial charge on any atom is 0.433 e. The molecule has 1 aromatic rings. The smallest absolute Gasteiger partial charge is 0.214 e. The van der Waals surface area contributed by atoms with Crippen molar-refractivity contribution >= 4 is 15.9 Å². The predicted molar refractivity (Wildman–Crippen MR) is 46.8 cm³/mol. The fraction of sp³-hybridized carbons (Fsp3) is 0.375. The molecule has 0 spiro atoms. The summed E-state index contributed by atoms with van der Waals surface area (Å²) in [4.78, 5) is 2.53. The summed E-state index contributed by atoms with van der Waals surface area (Å²) in [6, 6.07) is 0.463. The molecule has 0 saturated carbocycles. The van der Waals surface area contributed by atoms with Crippen molar-refractivity contribution in [3.05, 3.63) is 28.8 Å². The lowest BCUT2D eigenvalue weighted by atomic mass is 10.1. The molecule has 1 rings (SSSR count). The standard InChI is InChI=1S/C8H4BrF6N/c9-2-3-1-4(6(10)11)7(12)16-5(3)8(13,14)15/h1,6H,2H2. The summed E-state index contributed by atoms with van der Waals surface area (Å²) < 4.78 is 74.2. The first-order chi connectivity index (χ1) is 7.27. The Hall–Kier alpha value is -0.790. The summed E-state index contributed by atoms with van der Waals surface area (Å²) in [5.74, 6) is -1.80. The van der Waals surface area contributed by atoms with Crippen LogP contribution in [0.1, 0.15) is 23.2 Å². The van der Waals surface area contributed by atoms with Gasteiger partial charge in [-0.15, -0.1) is 0 Å². The van der Waals surface area contributed by atoms with Gasteiger partial charge in [0.05, 0.1) is 5.56 Å². The molecule has 0 saturated heterocycles. The van der Waals surface area contributed by atoms with Gasteiger partial charge in [-0.25, -0.2) is 13.8 Å². The molecule has 0 radical (unpaired) electrons. The second kappa shape index (κ2) is 4.60. The van der Waals surface area contributed by atoms with E-state index in [2.05, 4.69) is 20.9 Å². The van der Waals surface area contributed by atoms with Gasteiger partial charge in [0.2, 0.25) is 5.95 Å². The van der Waals surface area contributed by atoms with Crippen molar-refractivity contribution in [3.63, 3.8) is 0 Å². The molecule has 0 aliphatic heterocycles. The Bertz CT molecular complexity index is 389. The lowest BCUT2D eigenvalue weighted by Crippen LogP contribution is -2.14. The Morgan fingerprint density at radius 2 is 1.88 bits per heavy atom. The molecule has 0 bridgehead atoms. The van der Waals surface area contributed by atoms with E-state index < -0.39 is 35.4 Å². The van der Waals surface area contributed by atoms with Crippen LogP contribution >= 0.6 is 15.9 Å². The Balaban J connectivity index is 3.38. The minimum absolute atomic E-state index is 0.338. The minimum atomic E-state index is -4.87. The molecule has 0 aliphatic carbocycles. The quantitative estimate of drug-likeness (QED) is 0.456. The predicted octanol–water partition coefficient (Wildman–Crippen LogP) is 4.07. The second-order valence-electron chi connectivity index (χ2n) is 2.81. The van der Waals surface area contributed by atoms with Gasteiger partial charge in [-0.1, -0.05) is 15.9 Å². The highest BCUT2D eigenvalue weighted by molar-refractivity contribution is 9.08. The molecule has 1 heterocycles. The van der Waals surface area contributed by atoms with E-state index in [1.165, 1.54) is 0 Å². The summed E-state index contributed by atoms with van der Waals surface area (Å²) in [5.41, 5.74) is -3.15. The summed E-state index contributed by atoms with van der Waals surface area (Å²) in [5, 5.41) is -0.338. The maximum absolute atomic E-state index is 12.8. The summed E-state index contributed by atoms with van der Waals surface area (Å²) in [7, 11) is 0. The first kappa shape index (κ1) is 13.3. The average Bonchev–Trinajstić information content (AvgIpc) is 2.15. The summed E-state index contributed by atoms with van der Waals surface area (Å²) in [6.45, 7) is 0. The number of halogens is 7. The zero-order chi connectivity index (χ0) is 12.5. The van der Waals surface area contributed by atoms with E-state index in [9.17, 15) is 26.3 Å². The number of pyridine rings is 1. The molecule has 0 aliphatic rings. The van der Waals surface area contributed by atoms with Gasteiger partial charge in [0.1, 0.15) is 0 Å². The van der Waals surface area contributed by atoms with E-state index in [1.807, 2.05) is 0 Å². The van der Waals surface area contributed by atoms with Crippen LogP contribution in [0.5, 0.6) is 0 Å². The van der Waals surface area contributed by atoms with Crippen LogP contribution in [-0.2, 0) is 11.5 Å². The number of alkyl halides is 6. The molecule has 8 heteroatoms. The fourth-order valence-electron chi connectivity index (χ4n) is 1.05. The van der Waals surface area contributed by atoms with E-state index in [4.69, 9.17) is 0 Å². The summed E-state index contributed by atoms with van der Waals surface area (Å²) >= 11 is 2.70. The average molecular weight is 308 g/mol.